The molecule has 84 valence electrons. The summed E-state index contributed by atoms with van der Waals surface area (Å²) in [6, 6.07) is 0. The minimum absolute atomic E-state index is 0. The van der Waals surface area contributed by atoms with Crippen LogP contribution in [0.2, 0.25) is 0 Å². The molecule has 0 radical (unpaired) electrons. The summed E-state index contributed by atoms with van der Waals surface area (Å²) in [5.41, 5.74) is 0. The molecule has 4 heteroatoms. The molecule has 0 aliphatic rings. The minimum atomic E-state index is -0.671. The van der Waals surface area contributed by atoms with Crippen LogP contribution >= 0.6 is 0 Å². The molecule has 0 spiro atoms. The first-order valence-electron chi connectivity index (χ1n) is 4.71. The number of aliphatic carboxylic acids is 1. The van der Waals surface area contributed by atoms with Crippen LogP contribution < -0.4 is 0 Å². The summed E-state index contributed by atoms with van der Waals surface area (Å²) < 4.78 is 0. The standard InChI is InChI=1S/C6H12O2.C4H8O.Al.3H/c1-3-5(4-2)6(7)8;1-3-4(2)5;;;;/h5H,3-4H2,1-2H3,(H,7,8);3H2,1-2H3;;;;. The Morgan fingerprint density at radius 3 is 1.43 bits per heavy atom. The van der Waals surface area contributed by atoms with Gasteiger partial charge in [0.25, 0.3) is 0 Å². The zero-order chi connectivity index (χ0) is 10.9. The van der Waals surface area contributed by atoms with Crippen molar-refractivity contribution in [1.29, 1.82) is 0 Å². The summed E-state index contributed by atoms with van der Waals surface area (Å²) in [4.78, 5) is 20.0. The van der Waals surface area contributed by atoms with Crippen LogP contribution in [0.25, 0.3) is 0 Å². The minimum Gasteiger partial charge on any atom is -0.481 e. The largest absolute Gasteiger partial charge is 0.481 e. The Kier molecular flexibility index (Phi) is 17.4. The highest BCUT2D eigenvalue weighted by atomic mass is 27.0. The average molecular weight is 218 g/mol. The van der Waals surface area contributed by atoms with Gasteiger partial charge in [0, 0.05) is 6.42 Å². The Hall–Kier alpha value is -0.328. The molecule has 0 rings (SSSR count). The van der Waals surface area contributed by atoms with Gasteiger partial charge in [0.05, 0.1) is 5.92 Å². The number of hydrogen-bond acceptors (Lipinski definition) is 2. The second-order valence-corrected chi connectivity index (χ2v) is 2.91. The number of hydrogen-bond donors (Lipinski definition) is 1. The van der Waals surface area contributed by atoms with E-state index in [0.29, 0.717) is 6.42 Å². The van der Waals surface area contributed by atoms with Crippen LogP contribution in [0.4, 0.5) is 0 Å². The molecule has 3 nitrogen and oxygen atoms in total. The van der Waals surface area contributed by atoms with Crippen molar-refractivity contribution in [1.82, 2.24) is 0 Å². The van der Waals surface area contributed by atoms with Crippen molar-refractivity contribution in [3.8, 4) is 0 Å². The van der Waals surface area contributed by atoms with Crippen LogP contribution in [0.1, 0.15) is 47.0 Å². The molecule has 0 unspecified atom stereocenters. The number of Topliss-reactive ketones (excluding diaryl/α,β-unsaturated/α-hetero) is 1. The summed E-state index contributed by atoms with van der Waals surface area (Å²) in [5.74, 6) is -0.546. The Bertz CT molecular complexity index is 153. The van der Waals surface area contributed by atoms with Crippen molar-refractivity contribution in [2.24, 2.45) is 5.92 Å². The van der Waals surface area contributed by atoms with Crippen LogP contribution in [0.5, 0.6) is 0 Å². The molecule has 0 bridgehead atoms. The van der Waals surface area contributed by atoms with Gasteiger partial charge in [-0.05, 0) is 19.8 Å². The lowest BCUT2D eigenvalue weighted by atomic mass is 10.1. The number of ketones is 1. The molecule has 0 atom stereocenters. The van der Waals surface area contributed by atoms with Gasteiger partial charge in [0.1, 0.15) is 5.78 Å². The topological polar surface area (TPSA) is 54.4 Å². The summed E-state index contributed by atoms with van der Waals surface area (Å²) in [6.45, 7) is 7.22. The molecule has 0 aromatic heterocycles. The number of rotatable bonds is 4. The third kappa shape index (κ3) is 14.2. The maximum atomic E-state index is 10.2. The van der Waals surface area contributed by atoms with E-state index >= 15 is 0 Å². The zero-order valence-corrected chi connectivity index (χ0v) is 8.96. The van der Waals surface area contributed by atoms with Gasteiger partial charge in [-0.1, -0.05) is 20.8 Å². The lowest BCUT2D eigenvalue weighted by Crippen LogP contribution is -2.10. The average Bonchev–Trinajstić information content (AvgIpc) is 2.07. The number of carbonyl (C=O) groups excluding carboxylic acids is 1. The molecule has 0 saturated carbocycles. The first-order valence-corrected chi connectivity index (χ1v) is 4.71. The van der Waals surface area contributed by atoms with Crippen LogP contribution in [-0.4, -0.2) is 34.2 Å². The third-order valence-electron chi connectivity index (χ3n) is 1.83. The molecular formula is C10H23AlO3. The molecule has 0 amide bonds. The van der Waals surface area contributed by atoms with E-state index in [1.807, 2.05) is 20.8 Å². The molecule has 1 N–H and O–H groups in total. The second-order valence-electron chi connectivity index (χ2n) is 2.91. The first-order chi connectivity index (χ1) is 5.99. The molecular weight excluding hydrogens is 195 g/mol. The van der Waals surface area contributed by atoms with E-state index < -0.39 is 5.97 Å². The first kappa shape index (κ1) is 19.3. The zero-order valence-electron chi connectivity index (χ0n) is 8.96. The number of carboxylic acids is 1. The summed E-state index contributed by atoms with van der Waals surface area (Å²) in [7, 11) is 0. The fourth-order valence-corrected chi connectivity index (χ4v) is 0.638. The second kappa shape index (κ2) is 12.7. The van der Waals surface area contributed by atoms with Crippen molar-refractivity contribution in [2.45, 2.75) is 47.0 Å². The van der Waals surface area contributed by atoms with Gasteiger partial charge < -0.3 is 9.90 Å². The van der Waals surface area contributed by atoms with E-state index in [2.05, 4.69) is 0 Å². The Morgan fingerprint density at radius 2 is 1.43 bits per heavy atom. The van der Waals surface area contributed by atoms with E-state index in [1.54, 1.807) is 6.92 Å². The van der Waals surface area contributed by atoms with Crippen LogP contribution in [0.3, 0.4) is 0 Å². The maximum absolute atomic E-state index is 10.2. The smallest absolute Gasteiger partial charge is 0.306 e. The lowest BCUT2D eigenvalue weighted by Gasteiger charge is -2.02. The lowest BCUT2D eigenvalue weighted by molar-refractivity contribution is -0.141. The van der Waals surface area contributed by atoms with Crippen molar-refractivity contribution in [3.63, 3.8) is 0 Å². The molecule has 14 heavy (non-hydrogen) atoms. The summed E-state index contributed by atoms with van der Waals surface area (Å²) in [5, 5.41) is 8.37. The van der Waals surface area contributed by atoms with Gasteiger partial charge >= 0.3 is 5.97 Å². The quantitative estimate of drug-likeness (QED) is 0.724. The monoisotopic (exact) mass is 218 g/mol. The predicted molar refractivity (Wildman–Crippen MR) is 62.6 cm³/mol. The summed E-state index contributed by atoms with van der Waals surface area (Å²) in [6.07, 6.45) is 2.15. The van der Waals surface area contributed by atoms with Crippen molar-refractivity contribution in [2.75, 3.05) is 0 Å². The normalized spacial score (nSPS) is 8.36. The molecule has 0 fully saturated rings. The van der Waals surface area contributed by atoms with Gasteiger partial charge in [0.2, 0.25) is 0 Å². The Morgan fingerprint density at radius 1 is 1.14 bits per heavy atom. The van der Waals surface area contributed by atoms with Crippen molar-refractivity contribution >= 4 is 29.1 Å². The highest BCUT2D eigenvalue weighted by Crippen LogP contribution is 2.05. The van der Waals surface area contributed by atoms with Crippen LogP contribution in [0, 0.1) is 5.92 Å². The van der Waals surface area contributed by atoms with Gasteiger partial charge in [-0.3, -0.25) is 4.79 Å². The maximum Gasteiger partial charge on any atom is 0.306 e. The molecule has 0 saturated heterocycles. The van der Waals surface area contributed by atoms with Crippen molar-refractivity contribution < 1.29 is 14.7 Å². The molecule has 0 aliphatic carbocycles. The predicted octanol–water partition coefficient (Wildman–Crippen LogP) is 1.31. The molecule has 0 aliphatic heterocycles. The Balaban J connectivity index is -0.000000177. The molecule has 0 aromatic rings. The van der Waals surface area contributed by atoms with E-state index in [0.717, 1.165) is 12.8 Å². The fraction of sp³-hybridized carbons (Fsp3) is 0.800. The van der Waals surface area contributed by atoms with E-state index in [9.17, 15) is 9.59 Å². The summed E-state index contributed by atoms with van der Waals surface area (Å²) >= 11 is 0. The van der Waals surface area contributed by atoms with Gasteiger partial charge in [-0.25, -0.2) is 0 Å². The fourth-order valence-electron chi connectivity index (χ4n) is 0.638. The number of carbonyl (C=O) groups is 2. The van der Waals surface area contributed by atoms with Crippen LogP contribution in [-0.2, 0) is 9.59 Å². The molecule has 0 aromatic carbocycles. The van der Waals surface area contributed by atoms with Gasteiger partial charge in [-0.2, -0.15) is 0 Å². The van der Waals surface area contributed by atoms with Crippen LogP contribution in [0.15, 0.2) is 0 Å². The van der Waals surface area contributed by atoms with E-state index in [1.165, 1.54) is 0 Å². The Labute approximate surface area is 97.0 Å². The van der Waals surface area contributed by atoms with E-state index in [-0.39, 0.29) is 29.1 Å². The van der Waals surface area contributed by atoms with Gasteiger partial charge in [-0.15, -0.1) is 0 Å². The number of carboxylic acid groups (broad SMARTS) is 1. The molecule has 0 heterocycles. The third-order valence-corrected chi connectivity index (χ3v) is 1.83. The highest BCUT2D eigenvalue weighted by Gasteiger charge is 2.10. The van der Waals surface area contributed by atoms with E-state index in [4.69, 9.17) is 5.11 Å². The van der Waals surface area contributed by atoms with Gasteiger partial charge in [0.15, 0.2) is 17.4 Å². The van der Waals surface area contributed by atoms with Crippen molar-refractivity contribution in [3.05, 3.63) is 0 Å². The SMILES string of the molecule is CCC(C)=O.CCC(CC)C(=O)O.[AlH3]. The highest BCUT2D eigenvalue weighted by molar-refractivity contribution is 5.75.